The fourth-order valence-corrected chi connectivity index (χ4v) is 1.84. The Morgan fingerprint density at radius 2 is 2.00 bits per heavy atom. The van der Waals surface area contributed by atoms with Gasteiger partial charge in [-0.05, 0) is 29.8 Å². The number of nitrogens with two attached hydrogens (primary N) is 2. The van der Waals surface area contributed by atoms with Crippen LogP contribution in [0.1, 0.15) is 11.1 Å². The molecule has 114 valence electrons. The molecule has 0 unspecified atom stereocenters. The Bertz CT molecular complexity index is 714. The van der Waals surface area contributed by atoms with Gasteiger partial charge < -0.3 is 16.2 Å². The standard InChI is InChI=1S/C15H14ClFN4O/c16-12-4-2-1-3-11(12)9-22-14-6-5-10(7-13(14)17)8-20-21-15(18)19/h1-8H,9H2,(H4,18,19,21). The number of benzene rings is 2. The van der Waals surface area contributed by atoms with Crippen LogP contribution in [0.15, 0.2) is 52.7 Å². The highest BCUT2D eigenvalue weighted by molar-refractivity contribution is 6.31. The maximum absolute atomic E-state index is 13.9. The number of rotatable bonds is 5. The van der Waals surface area contributed by atoms with Gasteiger partial charge in [-0.1, -0.05) is 29.8 Å². The summed E-state index contributed by atoms with van der Waals surface area (Å²) in [7, 11) is 0. The summed E-state index contributed by atoms with van der Waals surface area (Å²) in [5.74, 6) is -0.559. The van der Waals surface area contributed by atoms with Gasteiger partial charge in [0.1, 0.15) is 6.61 Å². The molecular formula is C15H14ClFN4O. The van der Waals surface area contributed by atoms with Crippen molar-refractivity contribution in [1.29, 1.82) is 0 Å². The molecule has 5 nitrogen and oxygen atoms in total. The van der Waals surface area contributed by atoms with Crippen molar-refractivity contribution in [2.24, 2.45) is 21.7 Å². The van der Waals surface area contributed by atoms with E-state index in [1.165, 1.54) is 18.3 Å². The van der Waals surface area contributed by atoms with Gasteiger partial charge in [0.25, 0.3) is 0 Å². The Hall–Kier alpha value is -2.60. The normalized spacial score (nSPS) is 10.6. The van der Waals surface area contributed by atoms with E-state index < -0.39 is 5.82 Å². The molecule has 2 rings (SSSR count). The summed E-state index contributed by atoms with van der Waals surface area (Å²) in [4.78, 5) is 0. The number of hydrogen-bond donors (Lipinski definition) is 2. The molecule has 0 aliphatic rings. The predicted molar refractivity (Wildman–Crippen MR) is 85.6 cm³/mol. The lowest BCUT2D eigenvalue weighted by atomic mass is 10.2. The van der Waals surface area contributed by atoms with Gasteiger partial charge >= 0.3 is 0 Å². The summed E-state index contributed by atoms with van der Waals surface area (Å²) < 4.78 is 19.4. The molecule has 0 saturated heterocycles. The number of guanidine groups is 1. The Morgan fingerprint density at radius 1 is 1.23 bits per heavy atom. The quantitative estimate of drug-likeness (QED) is 0.504. The second-order valence-corrected chi connectivity index (χ2v) is 4.75. The molecule has 0 fully saturated rings. The molecule has 0 atom stereocenters. The minimum atomic E-state index is -0.513. The molecule has 2 aromatic rings. The van der Waals surface area contributed by atoms with Crippen LogP contribution < -0.4 is 16.2 Å². The molecule has 2 aromatic carbocycles. The molecule has 22 heavy (non-hydrogen) atoms. The zero-order valence-electron chi connectivity index (χ0n) is 11.5. The van der Waals surface area contributed by atoms with E-state index in [-0.39, 0.29) is 18.3 Å². The van der Waals surface area contributed by atoms with Crippen LogP contribution in [0, 0.1) is 5.82 Å². The molecule has 7 heteroatoms. The second-order valence-electron chi connectivity index (χ2n) is 4.34. The first-order valence-electron chi connectivity index (χ1n) is 6.34. The fourth-order valence-electron chi connectivity index (χ4n) is 1.65. The second kappa shape index (κ2) is 7.42. The van der Waals surface area contributed by atoms with Crippen LogP contribution >= 0.6 is 11.6 Å². The van der Waals surface area contributed by atoms with Crippen molar-refractivity contribution in [1.82, 2.24) is 0 Å². The monoisotopic (exact) mass is 320 g/mol. The maximum atomic E-state index is 13.9. The average Bonchev–Trinajstić information content (AvgIpc) is 2.47. The summed E-state index contributed by atoms with van der Waals surface area (Å²) in [6, 6.07) is 11.6. The lowest BCUT2D eigenvalue weighted by Crippen LogP contribution is -2.21. The third-order valence-electron chi connectivity index (χ3n) is 2.68. The van der Waals surface area contributed by atoms with Crippen LogP contribution in [-0.4, -0.2) is 12.2 Å². The minimum Gasteiger partial charge on any atom is -0.486 e. The van der Waals surface area contributed by atoms with Crippen molar-refractivity contribution in [2.75, 3.05) is 0 Å². The van der Waals surface area contributed by atoms with Crippen LogP contribution in [0.2, 0.25) is 5.02 Å². The van der Waals surface area contributed by atoms with E-state index in [0.717, 1.165) is 5.56 Å². The highest BCUT2D eigenvalue weighted by Gasteiger charge is 2.06. The Morgan fingerprint density at radius 3 is 2.68 bits per heavy atom. The SMILES string of the molecule is NC(N)=NN=Cc1ccc(OCc2ccccc2Cl)c(F)c1. The molecular weight excluding hydrogens is 307 g/mol. The van der Waals surface area contributed by atoms with Crippen molar-refractivity contribution in [2.45, 2.75) is 6.61 Å². The first kappa shape index (κ1) is 15.8. The Balaban J connectivity index is 2.05. The van der Waals surface area contributed by atoms with Crippen LogP contribution in [0.5, 0.6) is 5.75 Å². The van der Waals surface area contributed by atoms with Crippen LogP contribution in [0.25, 0.3) is 0 Å². The molecule has 0 aromatic heterocycles. The van der Waals surface area contributed by atoms with Gasteiger partial charge in [-0.3, -0.25) is 0 Å². The third-order valence-corrected chi connectivity index (χ3v) is 3.05. The largest absolute Gasteiger partial charge is 0.486 e. The van der Waals surface area contributed by atoms with Crippen LogP contribution in [0.3, 0.4) is 0 Å². The number of hydrogen-bond acceptors (Lipinski definition) is 3. The lowest BCUT2D eigenvalue weighted by Gasteiger charge is -2.08. The molecule has 0 amide bonds. The first-order valence-corrected chi connectivity index (χ1v) is 6.72. The molecule has 0 radical (unpaired) electrons. The van der Waals surface area contributed by atoms with E-state index in [0.29, 0.717) is 10.6 Å². The van der Waals surface area contributed by atoms with Gasteiger partial charge in [-0.25, -0.2) is 4.39 Å². The van der Waals surface area contributed by atoms with Gasteiger partial charge in [0, 0.05) is 10.6 Å². The first-order chi connectivity index (χ1) is 10.6. The molecule has 0 heterocycles. The minimum absolute atomic E-state index is 0.124. The van der Waals surface area contributed by atoms with Gasteiger partial charge in [-0.15, -0.1) is 5.10 Å². The number of ether oxygens (including phenoxy) is 1. The van der Waals surface area contributed by atoms with Crippen LogP contribution in [0.4, 0.5) is 4.39 Å². The summed E-state index contributed by atoms with van der Waals surface area (Å²) in [6.07, 6.45) is 1.33. The molecule has 0 aliphatic carbocycles. The van der Waals surface area contributed by atoms with Gasteiger partial charge in [-0.2, -0.15) is 5.10 Å². The van der Waals surface area contributed by atoms with Gasteiger partial charge in [0.05, 0.1) is 6.21 Å². The smallest absolute Gasteiger partial charge is 0.211 e. The zero-order valence-corrected chi connectivity index (χ0v) is 12.3. The van der Waals surface area contributed by atoms with Crippen molar-refractivity contribution < 1.29 is 9.13 Å². The summed E-state index contributed by atoms with van der Waals surface area (Å²) in [5, 5.41) is 7.61. The van der Waals surface area contributed by atoms with E-state index in [1.54, 1.807) is 12.1 Å². The van der Waals surface area contributed by atoms with Crippen molar-refractivity contribution in [3.63, 3.8) is 0 Å². The molecule has 4 N–H and O–H groups in total. The lowest BCUT2D eigenvalue weighted by molar-refractivity contribution is 0.290. The summed E-state index contributed by atoms with van der Waals surface area (Å²) in [5.41, 5.74) is 11.5. The molecule has 0 bridgehead atoms. The van der Waals surface area contributed by atoms with Gasteiger partial charge in [0.2, 0.25) is 5.96 Å². The average molecular weight is 321 g/mol. The number of halogens is 2. The maximum Gasteiger partial charge on any atom is 0.211 e. The van der Waals surface area contributed by atoms with Crippen molar-refractivity contribution in [3.8, 4) is 5.75 Å². The zero-order chi connectivity index (χ0) is 15.9. The fraction of sp³-hybridized carbons (Fsp3) is 0.0667. The van der Waals surface area contributed by atoms with Crippen molar-refractivity contribution in [3.05, 3.63) is 64.4 Å². The summed E-state index contributed by atoms with van der Waals surface area (Å²) in [6.45, 7) is 0.179. The van der Waals surface area contributed by atoms with E-state index in [2.05, 4.69) is 10.2 Å². The predicted octanol–water partition coefficient (Wildman–Crippen LogP) is 2.67. The van der Waals surface area contributed by atoms with E-state index in [9.17, 15) is 4.39 Å². The van der Waals surface area contributed by atoms with Crippen molar-refractivity contribution >= 4 is 23.8 Å². The van der Waals surface area contributed by atoms with Gasteiger partial charge in [0.15, 0.2) is 11.6 Å². The molecule has 0 saturated carbocycles. The van der Waals surface area contributed by atoms with E-state index in [1.807, 2.05) is 18.2 Å². The van der Waals surface area contributed by atoms with Crippen LogP contribution in [-0.2, 0) is 6.61 Å². The Kier molecular flexibility index (Phi) is 5.32. The Labute approximate surface area is 132 Å². The highest BCUT2D eigenvalue weighted by Crippen LogP contribution is 2.21. The van der Waals surface area contributed by atoms with E-state index in [4.69, 9.17) is 27.8 Å². The molecule has 0 spiro atoms. The molecule has 0 aliphatic heterocycles. The third kappa shape index (κ3) is 4.46. The van der Waals surface area contributed by atoms with E-state index >= 15 is 0 Å². The number of nitrogens with zero attached hydrogens (tertiary/aromatic N) is 2. The topological polar surface area (TPSA) is 86.0 Å². The highest BCUT2D eigenvalue weighted by atomic mass is 35.5. The summed E-state index contributed by atoms with van der Waals surface area (Å²) >= 11 is 6.01.